The minimum Gasteiger partial charge on any atom is -0.384 e. The van der Waals surface area contributed by atoms with Gasteiger partial charge in [-0.15, -0.1) is 11.8 Å². The van der Waals surface area contributed by atoms with Crippen LogP contribution in [0.4, 0.5) is 5.82 Å². The molecule has 0 bridgehead atoms. The number of aromatic nitrogens is 4. The van der Waals surface area contributed by atoms with Gasteiger partial charge in [0.25, 0.3) is 0 Å². The molecule has 3 heterocycles. The minimum atomic E-state index is 0.306. The highest BCUT2D eigenvalue weighted by Crippen LogP contribution is 2.43. The number of nitrogens with zero attached hydrogens (tertiary/aromatic N) is 4. The molecule has 0 aromatic carbocycles. The summed E-state index contributed by atoms with van der Waals surface area (Å²) in [6, 6.07) is 1.81. The standard InChI is InChI=1S/C14H19N5S2/c1-8-9(2)21-12(7-20-8)14-17-11(4-13(15)18-14)10-5-16-19(3)6-10/h4-6,8-9,12H,7H2,1-3H3,(H2,15,17,18). The lowest BCUT2D eigenvalue weighted by molar-refractivity contribution is 0.768. The van der Waals surface area contributed by atoms with Gasteiger partial charge in [-0.3, -0.25) is 4.68 Å². The first-order chi connectivity index (χ1) is 10.0. The largest absolute Gasteiger partial charge is 0.384 e. The van der Waals surface area contributed by atoms with E-state index in [9.17, 15) is 0 Å². The van der Waals surface area contributed by atoms with Gasteiger partial charge in [-0.2, -0.15) is 16.9 Å². The van der Waals surface area contributed by atoms with E-state index in [2.05, 4.69) is 23.9 Å². The maximum Gasteiger partial charge on any atom is 0.145 e. The van der Waals surface area contributed by atoms with Crippen molar-refractivity contribution in [2.75, 3.05) is 11.5 Å². The normalized spacial score (nSPS) is 26.0. The smallest absolute Gasteiger partial charge is 0.145 e. The molecular weight excluding hydrogens is 302 g/mol. The van der Waals surface area contributed by atoms with Crippen LogP contribution in [0.3, 0.4) is 0 Å². The van der Waals surface area contributed by atoms with Crippen molar-refractivity contribution >= 4 is 29.3 Å². The number of thioether (sulfide) groups is 2. The topological polar surface area (TPSA) is 69.6 Å². The van der Waals surface area contributed by atoms with Crippen LogP contribution in [0.1, 0.15) is 24.9 Å². The van der Waals surface area contributed by atoms with Crippen molar-refractivity contribution in [1.29, 1.82) is 0 Å². The van der Waals surface area contributed by atoms with Crippen molar-refractivity contribution in [3.8, 4) is 11.3 Å². The van der Waals surface area contributed by atoms with Gasteiger partial charge < -0.3 is 5.73 Å². The first-order valence-corrected chi connectivity index (χ1v) is 8.92. The molecular formula is C14H19N5S2. The highest BCUT2D eigenvalue weighted by atomic mass is 32.2. The molecule has 0 aliphatic carbocycles. The fourth-order valence-electron chi connectivity index (χ4n) is 2.25. The van der Waals surface area contributed by atoms with Gasteiger partial charge in [0.15, 0.2) is 0 Å². The highest BCUT2D eigenvalue weighted by molar-refractivity contribution is 8.07. The Balaban J connectivity index is 1.91. The number of aryl methyl sites for hydroxylation is 1. The molecule has 7 heteroatoms. The summed E-state index contributed by atoms with van der Waals surface area (Å²) in [6.45, 7) is 4.54. The van der Waals surface area contributed by atoms with Crippen LogP contribution in [0.25, 0.3) is 11.3 Å². The molecule has 112 valence electrons. The lowest BCUT2D eigenvalue weighted by Crippen LogP contribution is -2.23. The van der Waals surface area contributed by atoms with Crippen LogP contribution in [0.15, 0.2) is 18.5 Å². The molecule has 0 radical (unpaired) electrons. The van der Waals surface area contributed by atoms with Crippen LogP contribution in [0, 0.1) is 0 Å². The van der Waals surface area contributed by atoms with E-state index in [1.165, 1.54) is 0 Å². The van der Waals surface area contributed by atoms with Gasteiger partial charge in [-0.05, 0) is 0 Å². The van der Waals surface area contributed by atoms with Crippen molar-refractivity contribution in [3.05, 3.63) is 24.3 Å². The Kier molecular flexibility index (Phi) is 4.12. The van der Waals surface area contributed by atoms with Crippen LogP contribution in [0.5, 0.6) is 0 Å². The van der Waals surface area contributed by atoms with Crippen LogP contribution < -0.4 is 5.73 Å². The SMILES string of the molecule is CC1SCC(c2nc(N)cc(-c3cnn(C)c3)n2)SC1C. The molecule has 2 aromatic heterocycles. The van der Waals surface area contributed by atoms with Gasteiger partial charge in [0.1, 0.15) is 11.6 Å². The zero-order valence-electron chi connectivity index (χ0n) is 12.4. The monoisotopic (exact) mass is 321 g/mol. The summed E-state index contributed by atoms with van der Waals surface area (Å²) in [5, 5.41) is 5.77. The third-order valence-corrected chi connectivity index (χ3v) is 6.99. The number of nitrogens with two attached hydrogens (primary N) is 1. The number of hydrogen-bond acceptors (Lipinski definition) is 6. The molecule has 2 N–H and O–H groups in total. The Bertz CT molecular complexity index is 642. The van der Waals surface area contributed by atoms with E-state index in [1.54, 1.807) is 10.9 Å². The van der Waals surface area contributed by atoms with Gasteiger partial charge in [-0.1, -0.05) is 13.8 Å². The van der Waals surface area contributed by atoms with Gasteiger partial charge in [-0.25, -0.2) is 9.97 Å². The van der Waals surface area contributed by atoms with E-state index in [-0.39, 0.29) is 0 Å². The number of rotatable bonds is 2. The second-order valence-electron chi connectivity index (χ2n) is 5.31. The predicted octanol–water partition coefficient (Wildman–Crippen LogP) is 2.76. The molecule has 3 rings (SSSR count). The van der Waals surface area contributed by atoms with Crippen LogP contribution >= 0.6 is 23.5 Å². The first kappa shape index (κ1) is 14.7. The zero-order valence-corrected chi connectivity index (χ0v) is 14.0. The molecule has 0 spiro atoms. The third-order valence-electron chi connectivity index (χ3n) is 3.60. The van der Waals surface area contributed by atoms with Gasteiger partial charge in [0.05, 0.1) is 17.1 Å². The lowest BCUT2D eigenvalue weighted by Gasteiger charge is -2.30. The second kappa shape index (κ2) is 5.88. The van der Waals surface area contributed by atoms with E-state index in [1.807, 2.05) is 42.8 Å². The molecule has 3 unspecified atom stereocenters. The highest BCUT2D eigenvalue weighted by Gasteiger charge is 2.29. The molecule has 1 aliphatic heterocycles. The summed E-state index contributed by atoms with van der Waals surface area (Å²) in [5.74, 6) is 2.40. The molecule has 21 heavy (non-hydrogen) atoms. The Morgan fingerprint density at radius 3 is 2.76 bits per heavy atom. The summed E-state index contributed by atoms with van der Waals surface area (Å²) >= 11 is 3.93. The van der Waals surface area contributed by atoms with Crippen molar-refractivity contribution in [2.45, 2.75) is 29.6 Å². The van der Waals surface area contributed by atoms with Crippen molar-refractivity contribution in [1.82, 2.24) is 19.7 Å². The quantitative estimate of drug-likeness (QED) is 0.917. The van der Waals surface area contributed by atoms with Crippen LogP contribution in [0.2, 0.25) is 0 Å². The van der Waals surface area contributed by atoms with E-state index in [0.717, 1.165) is 22.8 Å². The Morgan fingerprint density at radius 1 is 1.29 bits per heavy atom. The maximum atomic E-state index is 5.98. The number of nitrogen functional groups attached to an aromatic ring is 1. The third kappa shape index (κ3) is 3.18. The maximum absolute atomic E-state index is 5.98. The van der Waals surface area contributed by atoms with E-state index < -0.39 is 0 Å². The Morgan fingerprint density at radius 2 is 2.10 bits per heavy atom. The van der Waals surface area contributed by atoms with Gasteiger partial charge >= 0.3 is 0 Å². The van der Waals surface area contributed by atoms with Gasteiger partial charge in [0.2, 0.25) is 0 Å². The molecule has 1 saturated heterocycles. The van der Waals surface area contributed by atoms with E-state index >= 15 is 0 Å². The summed E-state index contributed by atoms with van der Waals surface area (Å²) < 4.78 is 1.77. The molecule has 0 amide bonds. The first-order valence-electron chi connectivity index (χ1n) is 6.93. The molecule has 2 aromatic rings. The second-order valence-corrected chi connectivity index (χ2v) is 8.30. The molecule has 5 nitrogen and oxygen atoms in total. The molecule has 0 saturated carbocycles. The zero-order chi connectivity index (χ0) is 15.0. The fraction of sp³-hybridized carbons (Fsp3) is 0.500. The molecule has 1 aliphatic rings. The van der Waals surface area contributed by atoms with E-state index in [4.69, 9.17) is 10.7 Å². The minimum absolute atomic E-state index is 0.306. The van der Waals surface area contributed by atoms with E-state index in [0.29, 0.717) is 21.6 Å². The molecule has 1 fully saturated rings. The molecule has 3 atom stereocenters. The lowest BCUT2D eigenvalue weighted by atomic mass is 10.2. The van der Waals surface area contributed by atoms with Crippen molar-refractivity contribution in [2.24, 2.45) is 7.05 Å². The summed E-state index contributed by atoms with van der Waals surface area (Å²) in [4.78, 5) is 9.18. The Hall–Kier alpha value is -1.21. The number of hydrogen-bond donors (Lipinski definition) is 1. The van der Waals surface area contributed by atoms with Crippen molar-refractivity contribution in [3.63, 3.8) is 0 Å². The van der Waals surface area contributed by atoms with Crippen LogP contribution in [-0.4, -0.2) is 36.0 Å². The van der Waals surface area contributed by atoms with Gasteiger partial charge in [0, 0.05) is 41.1 Å². The summed E-state index contributed by atoms with van der Waals surface area (Å²) in [5.41, 5.74) is 7.80. The van der Waals surface area contributed by atoms with Crippen LogP contribution in [-0.2, 0) is 7.05 Å². The summed E-state index contributed by atoms with van der Waals surface area (Å²) in [7, 11) is 1.89. The Labute approximate surface area is 133 Å². The fourth-order valence-corrected chi connectivity index (χ4v) is 5.09. The average Bonchev–Trinajstić information content (AvgIpc) is 2.88. The predicted molar refractivity (Wildman–Crippen MR) is 90.4 cm³/mol. The number of anilines is 1. The summed E-state index contributed by atoms with van der Waals surface area (Å²) in [6.07, 6.45) is 3.75. The average molecular weight is 321 g/mol. The van der Waals surface area contributed by atoms with Crippen molar-refractivity contribution < 1.29 is 0 Å².